The predicted molar refractivity (Wildman–Crippen MR) is 93.7 cm³/mol. The van der Waals surface area contributed by atoms with E-state index in [4.69, 9.17) is 5.11 Å². The van der Waals surface area contributed by atoms with E-state index in [1.165, 1.54) is 6.08 Å². The fourth-order valence-corrected chi connectivity index (χ4v) is 2.02. The van der Waals surface area contributed by atoms with Crippen LogP contribution in [-0.4, -0.2) is 29.4 Å². The molecule has 0 bridgehead atoms. The van der Waals surface area contributed by atoms with Gasteiger partial charge in [0.05, 0.1) is 0 Å². The van der Waals surface area contributed by atoms with Crippen LogP contribution in [0, 0.1) is 6.92 Å². The topological polar surface area (TPSA) is 95.5 Å². The molecule has 0 aromatic heterocycles. The van der Waals surface area contributed by atoms with Crippen molar-refractivity contribution >= 4 is 23.9 Å². The number of hydrogen-bond acceptors (Lipinski definition) is 3. The maximum Gasteiger partial charge on any atom is 0.322 e. The van der Waals surface area contributed by atoms with Gasteiger partial charge in [0, 0.05) is 5.56 Å². The molecular weight excluding hydrogens is 320 g/mol. The summed E-state index contributed by atoms with van der Waals surface area (Å²) in [5.41, 5.74) is 2.08. The fourth-order valence-electron chi connectivity index (χ4n) is 2.02. The highest BCUT2D eigenvalue weighted by Gasteiger charge is 2.15. The van der Waals surface area contributed by atoms with Gasteiger partial charge in [0.25, 0.3) is 11.8 Å². The molecule has 0 atom stereocenters. The third-order valence-corrected chi connectivity index (χ3v) is 3.32. The Morgan fingerprint density at radius 3 is 2.24 bits per heavy atom. The zero-order valence-corrected chi connectivity index (χ0v) is 13.7. The van der Waals surface area contributed by atoms with Crippen LogP contribution in [0.3, 0.4) is 0 Å². The molecule has 0 saturated carbocycles. The van der Waals surface area contributed by atoms with Crippen LogP contribution in [0.25, 0.3) is 6.08 Å². The summed E-state index contributed by atoms with van der Waals surface area (Å²) in [5, 5.41) is 13.5. The van der Waals surface area contributed by atoms with Crippen molar-refractivity contribution in [2.75, 3.05) is 6.54 Å². The second kappa shape index (κ2) is 8.44. The molecule has 0 aliphatic rings. The van der Waals surface area contributed by atoms with Gasteiger partial charge < -0.3 is 15.7 Å². The Labute approximate surface area is 145 Å². The lowest BCUT2D eigenvalue weighted by molar-refractivity contribution is -0.137. The van der Waals surface area contributed by atoms with Crippen LogP contribution in [0.2, 0.25) is 0 Å². The molecule has 2 rings (SSSR count). The van der Waals surface area contributed by atoms with Gasteiger partial charge in [0.2, 0.25) is 0 Å². The minimum atomic E-state index is -1.17. The quantitative estimate of drug-likeness (QED) is 0.702. The van der Waals surface area contributed by atoms with Crippen molar-refractivity contribution in [1.29, 1.82) is 0 Å². The first-order valence-corrected chi connectivity index (χ1v) is 7.60. The Morgan fingerprint density at radius 1 is 1.00 bits per heavy atom. The van der Waals surface area contributed by atoms with E-state index < -0.39 is 24.3 Å². The molecule has 0 fully saturated rings. The summed E-state index contributed by atoms with van der Waals surface area (Å²) in [5.74, 6) is -2.29. The lowest BCUT2D eigenvalue weighted by atomic mass is 10.1. The Balaban J connectivity index is 2.23. The summed E-state index contributed by atoms with van der Waals surface area (Å²) in [6.45, 7) is 1.37. The number of carboxylic acids is 1. The molecule has 0 spiro atoms. The fraction of sp³-hybridized carbons (Fsp3) is 0.105. The van der Waals surface area contributed by atoms with Gasteiger partial charge in [-0.15, -0.1) is 0 Å². The Kier molecular flexibility index (Phi) is 6.06. The van der Waals surface area contributed by atoms with Gasteiger partial charge in [-0.25, -0.2) is 0 Å². The van der Waals surface area contributed by atoms with Crippen LogP contribution >= 0.6 is 0 Å². The average molecular weight is 338 g/mol. The summed E-state index contributed by atoms with van der Waals surface area (Å²) in [4.78, 5) is 35.2. The van der Waals surface area contributed by atoms with Gasteiger partial charge in [0.15, 0.2) is 0 Å². The molecule has 6 heteroatoms. The van der Waals surface area contributed by atoms with Crippen molar-refractivity contribution < 1.29 is 19.5 Å². The number of nitrogens with one attached hydrogen (secondary N) is 2. The third-order valence-electron chi connectivity index (χ3n) is 3.32. The number of aryl methyl sites for hydroxylation is 1. The van der Waals surface area contributed by atoms with Gasteiger partial charge in [-0.1, -0.05) is 48.0 Å². The molecule has 6 nitrogen and oxygen atoms in total. The maximum absolute atomic E-state index is 12.4. The number of benzene rings is 2. The van der Waals surface area contributed by atoms with E-state index >= 15 is 0 Å². The van der Waals surface area contributed by atoms with Gasteiger partial charge in [0.1, 0.15) is 12.2 Å². The monoisotopic (exact) mass is 338 g/mol. The highest BCUT2D eigenvalue weighted by atomic mass is 16.4. The lowest BCUT2D eigenvalue weighted by Gasteiger charge is -2.10. The van der Waals surface area contributed by atoms with E-state index in [1.807, 2.05) is 13.0 Å². The largest absolute Gasteiger partial charge is 0.480 e. The van der Waals surface area contributed by atoms with Gasteiger partial charge in [-0.3, -0.25) is 14.4 Å². The molecule has 0 aliphatic carbocycles. The van der Waals surface area contributed by atoms with Gasteiger partial charge in [-0.05, 0) is 30.7 Å². The summed E-state index contributed by atoms with van der Waals surface area (Å²) in [7, 11) is 0. The number of carbonyl (C=O) groups is 3. The van der Waals surface area contributed by atoms with E-state index in [9.17, 15) is 14.4 Å². The average Bonchev–Trinajstić information content (AvgIpc) is 2.60. The minimum absolute atomic E-state index is 0.0296. The Hall–Kier alpha value is -3.41. The molecule has 0 aliphatic heterocycles. The molecule has 0 saturated heterocycles. The Morgan fingerprint density at radius 2 is 1.64 bits per heavy atom. The molecule has 2 amide bonds. The molecular formula is C19H18N2O4. The smallest absolute Gasteiger partial charge is 0.322 e. The standard InChI is InChI=1S/C19H18N2O4/c1-13-7-9-15(10-8-13)18(24)21-16(19(25)20-12-17(22)23)11-14-5-3-2-4-6-14/h2-11H,12H2,1H3,(H,20,25)(H,21,24)(H,22,23). The van der Waals surface area contributed by atoms with Crippen molar-refractivity contribution in [3.63, 3.8) is 0 Å². The molecule has 3 N–H and O–H groups in total. The van der Waals surface area contributed by atoms with Crippen molar-refractivity contribution in [2.24, 2.45) is 0 Å². The van der Waals surface area contributed by atoms with Crippen molar-refractivity contribution in [1.82, 2.24) is 10.6 Å². The van der Waals surface area contributed by atoms with Gasteiger partial charge >= 0.3 is 5.97 Å². The van der Waals surface area contributed by atoms with Crippen molar-refractivity contribution in [3.05, 3.63) is 77.0 Å². The summed E-state index contributed by atoms with van der Waals surface area (Å²) in [6, 6.07) is 15.8. The molecule has 2 aromatic rings. The maximum atomic E-state index is 12.4. The molecule has 0 heterocycles. The molecule has 128 valence electrons. The first-order valence-electron chi connectivity index (χ1n) is 7.60. The number of rotatable bonds is 6. The first-order chi connectivity index (χ1) is 12.0. The van der Waals surface area contributed by atoms with Crippen LogP contribution in [-0.2, 0) is 9.59 Å². The minimum Gasteiger partial charge on any atom is -0.480 e. The molecule has 25 heavy (non-hydrogen) atoms. The molecule has 2 aromatic carbocycles. The number of aliphatic carboxylic acids is 1. The van der Waals surface area contributed by atoms with E-state index in [1.54, 1.807) is 48.5 Å². The normalized spacial score (nSPS) is 10.8. The Bertz CT molecular complexity index is 796. The van der Waals surface area contributed by atoms with Crippen LogP contribution in [0.4, 0.5) is 0 Å². The summed E-state index contributed by atoms with van der Waals surface area (Å²) < 4.78 is 0. The highest BCUT2D eigenvalue weighted by Crippen LogP contribution is 2.08. The lowest BCUT2D eigenvalue weighted by Crippen LogP contribution is -2.37. The third kappa shape index (κ3) is 5.62. The SMILES string of the molecule is Cc1ccc(C(=O)NC(=Cc2ccccc2)C(=O)NCC(=O)O)cc1. The number of carbonyl (C=O) groups excluding carboxylic acids is 2. The predicted octanol–water partition coefficient (Wildman–Crippen LogP) is 1.97. The van der Waals surface area contributed by atoms with Crippen LogP contribution < -0.4 is 10.6 Å². The van der Waals surface area contributed by atoms with Gasteiger partial charge in [-0.2, -0.15) is 0 Å². The second-order valence-corrected chi connectivity index (χ2v) is 5.37. The van der Waals surface area contributed by atoms with Crippen LogP contribution in [0.5, 0.6) is 0 Å². The van der Waals surface area contributed by atoms with E-state index in [0.717, 1.165) is 5.56 Å². The number of amides is 2. The molecule has 0 radical (unpaired) electrons. The van der Waals surface area contributed by atoms with Crippen molar-refractivity contribution in [3.8, 4) is 0 Å². The summed E-state index contributed by atoms with van der Waals surface area (Å²) in [6.07, 6.45) is 1.49. The van der Waals surface area contributed by atoms with Crippen LogP contribution in [0.15, 0.2) is 60.3 Å². The zero-order chi connectivity index (χ0) is 18.2. The second-order valence-electron chi connectivity index (χ2n) is 5.37. The zero-order valence-electron chi connectivity index (χ0n) is 13.7. The van der Waals surface area contributed by atoms with E-state index in [0.29, 0.717) is 11.1 Å². The first kappa shape index (κ1) is 17.9. The summed E-state index contributed by atoms with van der Waals surface area (Å²) >= 11 is 0. The number of carboxylic acid groups (broad SMARTS) is 1. The highest BCUT2D eigenvalue weighted by molar-refractivity contribution is 6.05. The van der Waals surface area contributed by atoms with Crippen LogP contribution in [0.1, 0.15) is 21.5 Å². The van der Waals surface area contributed by atoms with E-state index in [2.05, 4.69) is 10.6 Å². The molecule has 0 unspecified atom stereocenters. The van der Waals surface area contributed by atoms with E-state index in [-0.39, 0.29) is 5.70 Å². The van der Waals surface area contributed by atoms with Crippen molar-refractivity contribution in [2.45, 2.75) is 6.92 Å². The number of hydrogen-bond donors (Lipinski definition) is 3.